The first-order valence-electron chi connectivity index (χ1n) is 8.34. The topological polar surface area (TPSA) is 37.3 Å². The second kappa shape index (κ2) is 12.5. The Morgan fingerprint density at radius 2 is 1.42 bits per heavy atom. The summed E-state index contributed by atoms with van der Waals surface area (Å²) >= 11 is 0. The summed E-state index contributed by atoms with van der Waals surface area (Å²) < 4.78 is 0. The van der Waals surface area contributed by atoms with Crippen molar-refractivity contribution >= 4 is 5.97 Å². The molecule has 114 valence electrons. The molecule has 0 rings (SSSR count). The van der Waals surface area contributed by atoms with E-state index in [2.05, 4.69) is 20.8 Å². The maximum atomic E-state index is 11.0. The lowest BCUT2D eigenvalue weighted by Gasteiger charge is -2.12. The molecule has 0 amide bonds. The summed E-state index contributed by atoms with van der Waals surface area (Å²) in [6, 6.07) is 0. The van der Waals surface area contributed by atoms with Gasteiger partial charge in [-0.2, -0.15) is 0 Å². The van der Waals surface area contributed by atoms with Crippen LogP contribution in [0.25, 0.3) is 0 Å². The highest BCUT2D eigenvalue weighted by atomic mass is 16.4. The van der Waals surface area contributed by atoms with Crippen molar-refractivity contribution in [1.82, 2.24) is 0 Å². The maximum Gasteiger partial charge on any atom is 0.306 e. The van der Waals surface area contributed by atoms with Crippen LogP contribution in [-0.4, -0.2) is 11.1 Å². The molecule has 2 unspecified atom stereocenters. The van der Waals surface area contributed by atoms with Crippen LogP contribution in [0.3, 0.4) is 0 Å². The van der Waals surface area contributed by atoms with E-state index in [-0.39, 0.29) is 5.92 Å². The Balaban J connectivity index is 3.45. The number of carbonyl (C=O) groups is 1. The third-order valence-corrected chi connectivity index (χ3v) is 4.04. The van der Waals surface area contributed by atoms with Gasteiger partial charge in [-0.1, -0.05) is 78.6 Å². The Morgan fingerprint density at radius 3 is 1.95 bits per heavy atom. The molecule has 0 saturated heterocycles. The molecule has 2 heteroatoms. The summed E-state index contributed by atoms with van der Waals surface area (Å²) in [4.78, 5) is 11.0. The van der Waals surface area contributed by atoms with Crippen LogP contribution in [0.1, 0.15) is 91.4 Å². The minimum Gasteiger partial charge on any atom is -0.481 e. The van der Waals surface area contributed by atoms with Gasteiger partial charge in [-0.15, -0.1) is 0 Å². The highest BCUT2D eigenvalue weighted by molar-refractivity contribution is 5.69. The molecular weight excluding hydrogens is 236 g/mol. The van der Waals surface area contributed by atoms with Crippen LogP contribution in [0.4, 0.5) is 0 Å². The van der Waals surface area contributed by atoms with Gasteiger partial charge in [0.25, 0.3) is 0 Å². The lowest BCUT2D eigenvalue weighted by atomic mass is 9.94. The number of unbranched alkanes of at least 4 members (excludes halogenated alkanes) is 4. The minimum absolute atomic E-state index is 0.103. The lowest BCUT2D eigenvalue weighted by Crippen LogP contribution is -2.13. The quantitative estimate of drug-likeness (QED) is 0.439. The van der Waals surface area contributed by atoms with Crippen LogP contribution < -0.4 is 0 Å². The summed E-state index contributed by atoms with van der Waals surface area (Å²) in [5.74, 6) is 0.162. The zero-order valence-electron chi connectivity index (χ0n) is 13.3. The molecule has 2 atom stereocenters. The molecule has 2 nitrogen and oxygen atoms in total. The third kappa shape index (κ3) is 11.0. The molecule has 0 aliphatic rings. The Bertz CT molecular complexity index is 213. The van der Waals surface area contributed by atoms with Crippen molar-refractivity contribution < 1.29 is 9.90 Å². The van der Waals surface area contributed by atoms with Crippen LogP contribution in [-0.2, 0) is 4.79 Å². The van der Waals surface area contributed by atoms with Crippen LogP contribution in [0.15, 0.2) is 0 Å². The highest BCUT2D eigenvalue weighted by Crippen LogP contribution is 2.19. The van der Waals surface area contributed by atoms with Crippen molar-refractivity contribution in [2.45, 2.75) is 91.4 Å². The summed E-state index contributed by atoms with van der Waals surface area (Å²) in [5.41, 5.74) is 0. The molecule has 0 fully saturated rings. The number of hydrogen-bond acceptors (Lipinski definition) is 1. The summed E-state index contributed by atoms with van der Waals surface area (Å²) in [6.45, 7) is 6.67. The Morgan fingerprint density at radius 1 is 0.842 bits per heavy atom. The van der Waals surface area contributed by atoms with E-state index in [1.54, 1.807) is 0 Å². The monoisotopic (exact) mass is 270 g/mol. The third-order valence-electron chi connectivity index (χ3n) is 4.04. The molecule has 0 aromatic heterocycles. The van der Waals surface area contributed by atoms with E-state index in [1.807, 2.05) is 0 Å². The van der Waals surface area contributed by atoms with Gasteiger partial charge in [0.05, 0.1) is 5.92 Å². The van der Waals surface area contributed by atoms with E-state index in [0.29, 0.717) is 0 Å². The van der Waals surface area contributed by atoms with E-state index < -0.39 is 5.97 Å². The smallest absolute Gasteiger partial charge is 0.306 e. The minimum atomic E-state index is -0.602. The van der Waals surface area contributed by atoms with E-state index in [0.717, 1.165) is 31.6 Å². The Kier molecular flexibility index (Phi) is 12.2. The van der Waals surface area contributed by atoms with Crippen molar-refractivity contribution in [2.24, 2.45) is 11.8 Å². The van der Waals surface area contributed by atoms with Gasteiger partial charge < -0.3 is 5.11 Å². The Hall–Kier alpha value is -0.530. The molecule has 0 spiro atoms. The number of carboxylic acid groups (broad SMARTS) is 1. The normalized spacial score (nSPS) is 14.3. The standard InChI is InChI=1S/C17H34O2/c1-4-6-12-15(3)13-9-7-8-10-14-16(11-5-2)17(18)19/h15-16H,4-14H2,1-3H3,(H,18,19). The molecule has 0 aromatic rings. The SMILES string of the molecule is CCCCC(C)CCCCCCC(CCC)C(=O)O. The average molecular weight is 270 g/mol. The fourth-order valence-corrected chi connectivity index (χ4v) is 2.67. The van der Waals surface area contributed by atoms with Crippen molar-refractivity contribution in [2.75, 3.05) is 0 Å². The van der Waals surface area contributed by atoms with Gasteiger partial charge in [0.15, 0.2) is 0 Å². The van der Waals surface area contributed by atoms with Crippen molar-refractivity contribution in [3.05, 3.63) is 0 Å². The maximum absolute atomic E-state index is 11.0. The highest BCUT2D eigenvalue weighted by Gasteiger charge is 2.15. The molecule has 19 heavy (non-hydrogen) atoms. The Labute approximate surface area is 120 Å². The number of aliphatic carboxylic acids is 1. The molecule has 0 bridgehead atoms. The van der Waals surface area contributed by atoms with Gasteiger partial charge >= 0.3 is 5.97 Å². The number of hydrogen-bond donors (Lipinski definition) is 1. The zero-order valence-corrected chi connectivity index (χ0v) is 13.3. The molecule has 0 radical (unpaired) electrons. The first kappa shape index (κ1) is 18.5. The van der Waals surface area contributed by atoms with Crippen LogP contribution in [0.2, 0.25) is 0 Å². The molecule has 0 heterocycles. The second-order valence-electron chi connectivity index (χ2n) is 6.06. The lowest BCUT2D eigenvalue weighted by molar-refractivity contribution is -0.142. The predicted octanol–water partition coefficient (Wildman–Crippen LogP) is 5.65. The fraction of sp³-hybridized carbons (Fsp3) is 0.941. The summed E-state index contributed by atoms with van der Waals surface area (Å²) in [5, 5.41) is 9.06. The van der Waals surface area contributed by atoms with Gasteiger partial charge in [-0.3, -0.25) is 4.79 Å². The second-order valence-corrected chi connectivity index (χ2v) is 6.06. The average Bonchev–Trinajstić information content (AvgIpc) is 2.38. The van der Waals surface area contributed by atoms with E-state index >= 15 is 0 Å². The van der Waals surface area contributed by atoms with Crippen LogP contribution >= 0.6 is 0 Å². The summed E-state index contributed by atoms with van der Waals surface area (Å²) in [7, 11) is 0. The molecule has 0 aromatic carbocycles. The molecule has 0 aliphatic heterocycles. The first-order chi connectivity index (χ1) is 9.11. The molecular formula is C17H34O2. The van der Waals surface area contributed by atoms with Gasteiger partial charge in [0.1, 0.15) is 0 Å². The molecule has 0 saturated carbocycles. The van der Waals surface area contributed by atoms with Crippen LogP contribution in [0, 0.1) is 11.8 Å². The van der Waals surface area contributed by atoms with E-state index in [1.165, 1.54) is 44.9 Å². The van der Waals surface area contributed by atoms with Gasteiger partial charge in [-0.25, -0.2) is 0 Å². The number of carboxylic acids is 1. The largest absolute Gasteiger partial charge is 0.481 e. The van der Waals surface area contributed by atoms with Gasteiger partial charge in [0, 0.05) is 0 Å². The molecule has 0 aliphatic carbocycles. The van der Waals surface area contributed by atoms with Crippen LogP contribution in [0.5, 0.6) is 0 Å². The van der Waals surface area contributed by atoms with Crippen molar-refractivity contribution in [3.63, 3.8) is 0 Å². The van der Waals surface area contributed by atoms with Crippen molar-refractivity contribution in [1.29, 1.82) is 0 Å². The fourth-order valence-electron chi connectivity index (χ4n) is 2.67. The van der Waals surface area contributed by atoms with Gasteiger partial charge in [-0.05, 0) is 18.8 Å². The van der Waals surface area contributed by atoms with E-state index in [9.17, 15) is 4.79 Å². The number of rotatable bonds is 13. The molecule has 1 N–H and O–H groups in total. The zero-order chi connectivity index (χ0) is 14.5. The summed E-state index contributed by atoms with van der Waals surface area (Å²) in [6.07, 6.45) is 12.9. The van der Waals surface area contributed by atoms with Crippen molar-refractivity contribution in [3.8, 4) is 0 Å². The first-order valence-corrected chi connectivity index (χ1v) is 8.34. The van der Waals surface area contributed by atoms with Gasteiger partial charge in [0.2, 0.25) is 0 Å². The van der Waals surface area contributed by atoms with E-state index in [4.69, 9.17) is 5.11 Å². The predicted molar refractivity (Wildman–Crippen MR) is 82.4 cm³/mol.